The average Bonchev–Trinajstić information content (AvgIpc) is 3.02. The van der Waals surface area contributed by atoms with Gasteiger partial charge in [0.2, 0.25) is 0 Å². The van der Waals surface area contributed by atoms with Crippen LogP contribution in [0.1, 0.15) is 94.4 Å². The molecule has 0 saturated carbocycles. The van der Waals surface area contributed by atoms with E-state index in [2.05, 4.69) is 46.4 Å². The summed E-state index contributed by atoms with van der Waals surface area (Å²) in [6.07, 6.45) is 2.75. The van der Waals surface area contributed by atoms with E-state index in [1.807, 2.05) is 36.4 Å². The molecule has 0 bridgehead atoms. The second kappa shape index (κ2) is 22.3. The summed E-state index contributed by atoms with van der Waals surface area (Å²) in [6.45, 7) is 13.8. The molecule has 0 saturated heterocycles. The van der Waals surface area contributed by atoms with Crippen molar-refractivity contribution in [2.45, 2.75) is 85.2 Å². The lowest BCUT2D eigenvalue weighted by atomic mass is 9.97. The van der Waals surface area contributed by atoms with Gasteiger partial charge in [-0.3, -0.25) is 29.0 Å². The van der Waals surface area contributed by atoms with E-state index in [1.54, 1.807) is 11.8 Å². The highest BCUT2D eigenvalue weighted by atomic mass is 16.5. The fourth-order valence-electron chi connectivity index (χ4n) is 4.69. The number of esters is 1. The van der Waals surface area contributed by atoms with Crippen LogP contribution in [0.2, 0.25) is 0 Å². The largest absolute Gasteiger partial charge is 0.480 e. The van der Waals surface area contributed by atoms with Crippen LogP contribution in [0.3, 0.4) is 0 Å². The summed E-state index contributed by atoms with van der Waals surface area (Å²) < 4.78 is 4.96. The number of rotatable bonds is 21. The van der Waals surface area contributed by atoms with E-state index in [1.165, 1.54) is 16.0 Å². The Kier molecular flexibility index (Phi) is 19.3. The Hall–Kier alpha value is -4.35. The molecule has 0 radical (unpaired) electrons. The van der Waals surface area contributed by atoms with Gasteiger partial charge in [0.25, 0.3) is 0 Å². The van der Waals surface area contributed by atoms with Crippen molar-refractivity contribution < 1.29 is 44.0 Å². The maximum Gasteiger partial charge on any atom is 0.333 e. The van der Waals surface area contributed by atoms with Crippen LogP contribution >= 0.6 is 0 Å². The van der Waals surface area contributed by atoms with Crippen molar-refractivity contribution in [1.82, 2.24) is 9.80 Å². The van der Waals surface area contributed by atoms with Crippen LogP contribution in [0, 0.1) is 0 Å². The number of hydrogen-bond donors (Lipinski definition) is 3. The van der Waals surface area contributed by atoms with Crippen molar-refractivity contribution in [3.8, 4) is 0 Å². The predicted molar refractivity (Wildman–Crippen MR) is 184 cm³/mol. The molecular formula is C37H52N2O9. The molecule has 0 fully saturated rings. The fourth-order valence-corrected chi connectivity index (χ4v) is 4.69. The van der Waals surface area contributed by atoms with Crippen LogP contribution in [-0.4, -0.2) is 87.6 Å². The highest BCUT2D eigenvalue weighted by Crippen LogP contribution is 2.20. The summed E-state index contributed by atoms with van der Waals surface area (Å²) in [5, 5.41) is 26.7. The molecule has 2 atom stereocenters. The van der Waals surface area contributed by atoms with Crippen LogP contribution in [0.5, 0.6) is 0 Å². The first-order valence-corrected chi connectivity index (χ1v) is 16.3. The van der Waals surface area contributed by atoms with Crippen molar-refractivity contribution in [3.05, 3.63) is 82.9 Å². The zero-order valence-electron chi connectivity index (χ0n) is 28.9. The van der Waals surface area contributed by atoms with E-state index in [4.69, 9.17) is 20.1 Å². The van der Waals surface area contributed by atoms with Gasteiger partial charge >= 0.3 is 23.9 Å². The Balaban J connectivity index is 0.000000507. The molecule has 48 heavy (non-hydrogen) atoms. The number of aliphatic carboxylic acids is 3. The smallest absolute Gasteiger partial charge is 0.333 e. The maximum absolute atomic E-state index is 12.2. The first-order valence-electron chi connectivity index (χ1n) is 16.3. The Morgan fingerprint density at radius 2 is 1.06 bits per heavy atom. The molecule has 11 heteroatoms. The molecule has 11 nitrogen and oxygen atoms in total. The second-order valence-corrected chi connectivity index (χ2v) is 12.1. The first-order chi connectivity index (χ1) is 22.6. The third-order valence-corrected chi connectivity index (χ3v) is 7.79. The summed E-state index contributed by atoms with van der Waals surface area (Å²) in [4.78, 5) is 59.1. The number of carboxylic acid groups (broad SMARTS) is 3. The topological polar surface area (TPSA) is 162 Å². The van der Waals surface area contributed by atoms with Gasteiger partial charge in [-0.15, -0.1) is 0 Å². The molecular weight excluding hydrogens is 616 g/mol. The van der Waals surface area contributed by atoms with E-state index in [-0.39, 0.29) is 45.0 Å². The lowest BCUT2D eigenvalue weighted by Gasteiger charge is -2.20. The summed E-state index contributed by atoms with van der Waals surface area (Å²) >= 11 is 0. The lowest BCUT2D eigenvalue weighted by molar-refractivity contribution is -0.142. The van der Waals surface area contributed by atoms with Crippen molar-refractivity contribution in [2.75, 3.05) is 32.8 Å². The fraction of sp³-hybridized carbons (Fsp3) is 0.486. The SMILES string of the molecule is C=C(C)C(=O)OCCCC(=O)CN(CC(=O)O)Cc1ccc(C(C)CC)cc1.CCC(C)c1ccc(CN(CC(=O)O)CC(=O)O)cc1. The molecule has 0 aromatic heterocycles. The van der Waals surface area contributed by atoms with E-state index < -0.39 is 23.9 Å². The van der Waals surface area contributed by atoms with Gasteiger partial charge in [-0.1, -0.05) is 82.8 Å². The molecule has 0 aliphatic carbocycles. The van der Waals surface area contributed by atoms with Crippen molar-refractivity contribution in [2.24, 2.45) is 0 Å². The van der Waals surface area contributed by atoms with Crippen LogP contribution in [0.15, 0.2) is 60.7 Å². The minimum Gasteiger partial charge on any atom is -0.480 e. The van der Waals surface area contributed by atoms with Crippen LogP contribution in [-0.2, 0) is 41.8 Å². The van der Waals surface area contributed by atoms with E-state index in [9.17, 15) is 24.0 Å². The number of hydrogen-bond acceptors (Lipinski definition) is 8. The number of ketones is 1. The molecule has 2 aromatic carbocycles. The standard InChI is InChI=1S/C22H31NO5.C15H21NO4/c1-5-17(4)19-10-8-18(9-11-19)13-23(15-21(25)26)14-20(24)7-6-12-28-22(27)16(2)3;1-3-11(2)13-6-4-12(5-7-13)8-16(9-14(17)18)10-15(19)20/h8-11,17H,2,5-7,12-15H2,1,3-4H3,(H,25,26);4-7,11H,3,8-10H2,1-2H3,(H,17,18)(H,19,20). The Labute approximate surface area is 284 Å². The molecule has 2 aromatic rings. The van der Waals surface area contributed by atoms with Crippen molar-refractivity contribution in [3.63, 3.8) is 0 Å². The van der Waals surface area contributed by atoms with Gasteiger partial charge in [0.15, 0.2) is 0 Å². The molecule has 2 rings (SSSR count). The summed E-state index contributed by atoms with van der Waals surface area (Å²) in [5.41, 5.74) is 4.69. The van der Waals surface area contributed by atoms with E-state index >= 15 is 0 Å². The number of nitrogens with zero attached hydrogens (tertiary/aromatic N) is 2. The molecule has 0 aliphatic rings. The zero-order chi connectivity index (χ0) is 36.2. The molecule has 264 valence electrons. The highest BCUT2D eigenvalue weighted by molar-refractivity contribution is 5.87. The minimum absolute atomic E-state index is 0.0495. The number of carbonyl (C=O) groups excluding carboxylic acids is 2. The summed E-state index contributed by atoms with van der Waals surface area (Å²) in [6, 6.07) is 16.0. The van der Waals surface area contributed by atoms with Crippen LogP contribution in [0.4, 0.5) is 0 Å². The zero-order valence-corrected chi connectivity index (χ0v) is 28.9. The predicted octanol–water partition coefficient (Wildman–Crippen LogP) is 5.73. The highest BCUT2D eigenvalue weighted by Gasteiger charge is 2.16. The normalized spacial score (nSPS) is 12.1. The number of carbonyl (C=O) groups is 5. The van der Waals surface area contributed by atoms with E-state index in [0.29, 0.717) is 36.9 Å². The Morgan fingerprint density at radius 1 is 0.688 bits per heavy atom. The van der Waals surface area contributed by atoms with Crippen LogP contribution in [0.25, 0.3) is 0 Å². The molecule has 0 aliphatic heterocycles. The average molecular weight is 669 g/mol. The van der Waals surface area contributed by atoms with Crippen molar-refractivity contribution >= 4 is 29.7 Å². The number of Topliss-reactive ketones (excluding diaryl/α,β-unsaturated/α-hetero) is 1. The molecule has 2 unspecified atom stereocenters. The van der Waals surface area contributed by atoms with Crippen LogP contribution < -0.4 is 0 Å². The second-order valence-electron chi connectivity index (χ2n) is 12.1. The minimum atomic E-state index is -1.03. The molecule has 0 spiro atoms. The van der Waals surface area contributed by atoms with Gasteiger partial charge in [-0.05, 0) is 60.3 Å². The van der Waals surface area contributed by atoms with Gasteiger partial charge in [0.05, 0.1) is 32.8 Å². The number of ether oxygens (including phenoxy) is 1. The Bertz CT molecular complexity index is 1320. The third kappa shape index (κ3) is 17.5. The third-order valence-electron chi connectivity index (χ3n) is 7.79. The number of carboxylic acids is 3. The monoisotopic (exact) mass is 668 g/mol. The lowest BCUT2D eigenvalue weighted by Crippen LogP contribution is -2.34. The van der Waals surface area contributed by atoms with Crippen molar-refractivity contribution in [1.29, 1.82) is 0 Å². The first kappa shape index (κ1) is 41.7. The maximum atomic E-state index is 12.2. The molecule has 0 amide bonds. The quantitative estimate of drug-likeness (QED) is 0.0847. The summed E-state index contributed by atoms with van der Waals surface area (Å²) in [5.74, 6) is -2.61. The van der Waals surface area contributed by atoms with E-state index in [0.717, 1.165) is 24.0 Å². The van der Waals surface area contributed by atoms with Gasteiger partial charge in [0, 0.05) is 25.1 Å². The summed E-state index contributed by atoms with van der Waals surface area (Å²) in [7, 11) is 0. The molecule has 0 heterocycles. The Morgan fingerprint density at radius 3 is 1.40 bits per heavy atom. The van der Waals surface area contributed by atoms with Gasteiger partial charge in [-0.25, -0.2) is 4.79 Å². The number of benzene rings is 2. The molecule has 3 N–H and O–H groups in total. The van der Waals surface area contributed by atoms with Gasteiger partial charge in [0.1, 0.15) is 5.78 Å². The van der Waals surface area contributed by atoms with Gasteiger partial charge < -0.3 is 20.1 Å². The van der Waals surface area contributed by atoms with Gasteiger partial charge in [-0.2, -0.15) is 0 Å².